The van der Waals surface area contributed by atoms with Crippen molar-refractivity contribution in [1.82, 2.24) is 24.7 Å². The molecular weight excluding hydrogens is 471 g/mol. The van der Waals surface area contributed by atoms with E-state index >= 15 is 0 Å². The van der Waals surface area contributed by atoms with Crippen LogP contribution in [0, 0.1) is 12.7 Å². The molecule has 182 valence electrons. The predicted molar refractivity (Wildman–Crippen MR) is 139 cm³/mol. The first-order chi connectivity index (χ1) is 17.9. The zero-order valence-corrected chi connectivity index (χ0v) is 20.0. The van der Waals surface area contributed by atoms with E-state index in [-0.39, 0.29) is 16.8 Å². The number of nitrogens with two attached hydrogens (primary N) is 1. The van der Waals surface area contributed by atoms with Crippen molar-refractivity contribution in [3.63, 3.8) is 0 Å². The molecule has 0 saturated carbocycles. The number of anilines is 1. The van der Waals surface area contributed by atoms with Gasteiger partial charge in [0.05, 0.1) is 16.3 Å². The van der Waals surface area contributed by atoms with E-state index in [4.69, 9.17) is 15.2 Å². The van der Waals surface area contributed by atoms with E-state index < -0.39 is 11.9 Å². The Kier molecular flexibility index (Phi) is 5.26. The Balaban J connectivity index is 1.65. The third-order valence-corrected chi connectivity index (χ3v) is 6.37. The second kappa shape index (κ2) is 8.63. The maximum atomic E-state index is 14.2. The predicted octanol–water partition coefficient (Wildman–Crippen LogP) is 5.30. The number of hydrogen-bond acceptors (Lipinski definition) is 7. The quantitative estimate of drug-likeness (QED) is 0.355. The van der Waals surface area contributed by atoms with Crippen LogP contribution in [0.25, 0.3) is 44.4 Å². The highest BCUT2D eigenvalue weighted by Gasteiger charge is 2.27. The number of aromatic nitrogens is 5. The van der Waals surface area contributed by atoms with Gasteiger partial charge in [0.25, 0.3) is 0 Å². The summed E-state index contributed by atoms with van der Waals surface area (Å²) in [7, 11) is 0. The topological polar surface area (TPSA) is 113 Å². The fourth-order valence-electron chi connectivity index (χ4n) is 4.64. The minimum Gasteiger partial charge on any atom is -0.458 e. The number of benzene rings is 2. The number of pyridine rings is 1. The molecule has 1 atom stereocenters. The van der Waals surface area contributed by atoms with Gasteiger partial charge in [-0.15, -0.1) is 0 Å². The molecule has 6 aromatic rings. The van der Waals surface area contributed by atoms with Gasteiger partial charge in [-0.05, 0) is 55.8 Å². The van der Waals surface area contributed by atoms with Gasteiger partial charge in [0, 0.05) is 17.5 Å². The van der Waals surface area contributed by atoms with Crippen LogP contribution in [0.4, 0.5) is 10.2 Å². The smallest absolute Gasteiger partial charge is 0.200 e. The maximum absolute atomic E-state index is 14.2. The highest BCUT2D eigenvalue weighted by molar-refractivity contribution is 5.98. The zero-order valence-electron chi connectivity index (χ0n) is 20.0. The monoisotopic (exact) mass is 492 g/mol. The SMILES string of the molecule is Cc1cc(-c2nn(C(C)c3oc4ccccc4c(=O)c3-c3cccc(F)c3)c3ncnc(N)c23)ccn1. The van der Waals surface area contributed by atoms with E-state index in [1.165, 1.54) is 18.5 Å². The van der Waals surface area contributed by atoms with Gasteiger partial charge in [-0.1, -0.05) is 24.3 Å². The minimum atomic E-state index is -0.607. The zero-order chi connectivity index (χ0) is 25.7. The number of nitrogen functional groups attached to an aromatic ring is 1. The van der Waals surface area contributed by atoms with E-state index in [1.54, 1.807) is 47.3 Å². The minimum absolute atomic E-state index is 0.259. The number of fused-ring (bicyclic) bond motifs is 2. The second-order valence-electron chi connectivity index (χ2n) is 8.79. The van der Waals surface area contributed by atoms with Crippen molar-refractivity contribution in [2.45, 2.75) is 19.9 Å². The summed E-state index contributed by atoms with van der Waals surface area (Å²) in [6, 6.07) is 16.0. The average molecular weight is 493 g/mol. The number of halogens is 1. The molecule has 9 heteroatoms. The molecule has 37 heavy (non-hydrogen) atoms. The lowest BCUT2D eigenvalue weighted by Crippen LogP contribution is -2.16. The molecule has 0 saturated heterocycles. The number of aryl methyl sites for hydroxylation is 1. The Morgan fingerprint density at radius 2 is 1.84 bits per heavy atom. The largest absolute Gasteiger partial charge is 0.458 e. The van der Waals surface area contributed by atoms with Crippen LogP contribution in [0.5, 0.6) is 0 Å². The summed E-state index contributed by atoms with van der Waals surface area (Å²) >= 11 is 0. The van der Waals surface area contributed by atoms with Gasteiger partial charge in [-0.25, -0.2) is 19.0 Å². The molecule has 0 bridgehead atoms. The first-order valence-corrected chi connectivity index (χ1v) is 11.7. The van der Waals surface area contributed by atoms with E-state index in [2.05, 4.69) is 15.0 Å². The molecule has 0 amide bonds. The average Bonchev–Trinajstić information content (AvgIpc) is 3.29. The van der Waals surface area contributed by atoms with Gasteiger partial charge in [-0.3, -0.25) is 9.78 Å². The third-order valence-electron chi connectivity index (χ3n) is 6.37. The molecule has 8 nitrogen and oxygen atoms in total. The highest BCUT2D eigenvalue weighted by Crippen LogP contribution is 2.36. The second-order valence-corrected chi connectivity index (χ2v) is 8.79. The Labute approximate surface area is 210 Å². The molecule has 0 radical (unpaired) electrons. The van der Waals surface area contributed by atoms with Gasteiger partial charge < -0.3 is 10.2 Å². The standard InChI is InChI=1S/C28H21FN6O2/c1-15-12-18(10-11-31-15)24-23-27(30)32-14-33-28(23)35(34-24)16(2)26-22(17-6-5-7-19(29)13-17)25(36)20-8-3-4-9-21(20)37-26/h3-14,16H,1-2H3,(H2,30,32,33). The molecule has 0 spiro atoms. The van der Waals surface area contributed by atoms with Crippen LogP contribution in [0.3, 0.4) is 0 Å². The van der Waals surface area contributed by atoms with Crippen molar-refractivity contribution in [3.05, 3.63) is 101 Å². The summed E-state index contributed by atoms with van der Waals surface area (Å²) in [6.07, 6.45) is 3.07. The highest BCUT2D eigenvalue weighted by atomic mass is 19.1. The molecule has 4 aromatic heterocycles. The van der Waals surface area contributed by atoms with Crippen molar-refractivity contribution in [2.24, 2.45) is 0 Å². The molecule has 0 aliphatic rings. The lowest BCUT2D eigenvalue weighted by Gasteiger charge is -2.17. The van der Waals surface area contributed by atoms with E-state index in [1.807, 2.05) is 26.0 Å². The van der Waals surface area contributed by atoms with Gasteiger partial charge in [-0.2, -0.15) is 5.10 Å². The van der Waals surface area contributed by atoms with Crippen molar-refractivity contribution < 1.29 is 8.81 Å². The van der Waals surface area contributed by atoms with Gasteiger partial charge >= 0.3 is 0 Å². The van der Waals surface area contributed by atoms with Gasteiger partial charge in [0.1, 0.15) is 41.0 Å². The summed E-state index contributed by atoms with van der Waals surface area (Å²) in [4.78, 5) is 26.6. The summed E-state index contributed by atoms with van der Waals surface area (Å²) in [5, 5.41) is 5.85. The molecule has 0 aliphatic heterocycles. The normalized spacial score (nSPS) is 12.3. The van der Waals surface area contributed by atoms with E-state index in [9.17, 15) is 9.18 Å². The molecule has 6 rings (SSSR count). The van der Waals surface area contributed by atoms with E-state index in [0.29, 0.717) is 39.0 Å². The Morgan fingerprint density at radius 3 is 2.65 bits per heavy atom. The van der Waals surface area contributed by atoms with Crippen LogP contribution in [0.15, 0.2) is 82.4 Å². The van der Waals surface area contributed by atoms with Crippen molar-refractivity contribution in [1.29, 1.82) is 0 Å². The number of hydrogen-bond donors (Lipinski definition) is 1. The Morgan fingerprint density at radius 1 is 1.00 bits per heavy atom. The molecule has 2 aromatic carbocycles. The Hall–Kier alpha value is -4.92. The molecule has 2 N–H and O–H groups in total. The number of para-hydroxylation sites is 1. The first-order valence-electron chi connectivity index (χ1n) is 11.7. The first kappa shape index (κ1) is 22.5. The Bertz CT molecular complexity index is 1880. The van der Waals surface area contributed by atoms with Crippen molar-refractivity contribution in [3.8, 4) is 22.4 Å². The lowest BCUT2D eigenvalue weighted by atomic mass is 9.99. The number of nitrogens with zero attached hydrogens (tertiary/aromatic N) is 5. The summed E-state index contributed by atoms with van der Waals surface area (Å²) in [5.74, 6) is 0.149. The molecular formula is C28H21FN6O2. The van der Waals surface area contributed by atoms with Crippen LogP contribution in [-0.2, 0) is 0 Å². The van der Waals surface area contributed by atoms with Crippen LogP contribution in [0.1, 0.15) is 24.4 Å². The summed E-state index contributed by atoms with van der Waals surface area (Å²) < 4.78 is 22.2. The van der Waals surface area contributed by atoms with Crippen LogP contribution in [-0.4, -0.2) is 24.7 Å². The maximum Gasteiger partial charge on any atom is 0.200 e. The van der Waals surface area contributed by atoms with Crippen LogP contribution in [0.2, 0.25) is 0 Å². The van der Waals surface area contributed by atoms with E-state index in [0.717, 1.165) is 11.3 Å². The van der Waals surface area contributed by atoms with Crippen LogP contribution >= 0.6 is 0 Å². The van der Waals surface area contributed by atoms with Crippen molar-refractivity contribution in [2.75, 3.05) is 5.73 Å². The lowest BCUT2D eigenvalue weighted by molar-refractivity contribution is 0.446. The van der Waals surface area contributed by atoms with Crippen LogP contribution < -0.4 is 11.2 Å². The third kappa shape index (κ3) is 3.72. The van der Waals surface area contributed by atoms with Gasteiger partial charge in [0.15, 0.2) is 5.65 Å². The van der Waals surface area contributed by atoms with Gasteiger partial charge in [0.2, 0.25) is 5.43 Å². The molecule has 1 unspecified atom stereocenters. The molecule has 0 fully saturated rings. The summed E-state index contributed by atoms with van der Waals surface area (Å²) in [6.45, 7) is 3.74. The molecule has 4 heterocycles. The van der Waals surface area contributed by atoms with Crippen molar-refractivity contribution >= 4 is 27.8 Å². The fraction of sp³-hybridized carbons (Fsp3) is 0.107. The molecule has 0 aliphatic carbocycles. The fourth-order valence-corrected chi connectivity index (χ4v) is 4.64. The summed E-state index contributed by atoms with van der Waals surface area (Å²) in [5.41, 5.74) is 9.80. The number of rotatable bonds is 4.